The Morgan fingerprint density at radius 1 is 1.25 bits per heavy atom. The zero-order valence-corrected chi connectivity index (χ0v) is 15.9. The monoisotopic (exact) mass is 443 g/mol. The summed E-state index contributed by atoms with van der Waals surface area (Å²) in [6.45, 7) is 0. The summed E-state index contributed by atoms with van der Waals surface area (Å²) in [5.41, 5.74) is 0. The number of aromatic nitrogens is 1. The second-order valence-corrected chi connectivity index (χ2v) is 10.0. The van der Waals surface area contributed by atoms with Crippen LogP contribution < -0.4 is 0 Å². The molecule has 1 aromatic rings. The number of thioether (sulfide) groups is 1. The molecule has 1 saturated carbocycles. The predicted molar refractivity (Wildman–Crippen MR) is 90.8 cm³/mol. The third-order valence-electron chi connectivity index (χ3n) is 3.84. The Kier molecular flexibility index (Phi) is 6.19. The van der Waals surface area contributed by atoms with E-state index in [0.29, 0.717) is 11.8 Å². The topological polar surface area (TPSA) is 12.9 Å². The van der Waals surface area contributed by atoms with E-state index < -0.39 is 38.6 Å². The fourth-order valence-corrected chi connectivity index (χ4v) is 4.43. The summed E-state index contributed by atoms with van der Waals surface area (Å²) in [5, 5.41) is 0.180. The van der Waals surface area contributed by atoms with Crippen LogP contribution in [0.5, 0.6) is 0 Å². The quantitative estimate of drug-likeness (QED) is 0.277. The molecule has 0 amide bonds. The van der Waals surface area contributed by atoms with Gasteiger partial charge in [-0.25, -0.2) is 22.5 Å². The van der Waals surface area contributed by atoms with Crippen molar-refractivity contribution >= 4 is 58.2 Å². The van der Waals surface area contributed by atoms with E-state index in [9.17, 15) is 17.6 Å². The molecule has 0 aromatic carbocycles. The van der Waals surface area contributed by atoms with Gasteiger partial charge in [-0.15, -0.1) is 0 Å². The van der Waals surface area contributed by atoms with Gasteiger partial charge in [-0.05, 0) is 25.0 Å². The van der Waals surface area contributed by atoms with E-state index in [2.05, 4.69) is 4.98 Å². The van der Waals surface area contributed by atoms with Gasteiger partial charge < -0.3 is 0 Å². The number of rotatable bonds is 5. The number of nitrogens with zero attached hydrogens (tertiary/aromatic N) is 1. The molecule has 0 radical (unpaired) electrons. The molecule has 1 aromatic heterocycles. The number of alkyl halides is 8. The minimum absolute atomic E-state index is 0.0380. The predicted octanol–water partition coefficient (Wildman–Crippen LogP) is 6.94. The molecule has 10 heteroatoms. The molecule has 2 rings (SSSR count). The molecule has 0 saturated heterocycles. The number of hydrogen-bond donors (Lipinski definition) is 0. The van der Waals surface area contributed by atoms with Gasteiger partial charge in [-0.2, -0.15) is 0 Å². The average Bonchev–Trinajstić information content (AvgIpc) is 2.44. The molecular formula is C14H13Cl4F4NS. The summed E-state index contributed by atoms with van der Waals surface area (Å²) < 4.78 is 51.7. The van der Waals surface area contributed by atoms with Crippen LogP contribution in [0.25, 0.3) is 0 Å². The first-order chi connectivity index (χ1) is 10.9. The molecule has 1 nitrogen and oxygen atoms in total. The van der Waals surface area contributed by atoms with E-state index in [1.54, 1.807) is 12.1 Å². The summed E-state index contributed by atoms with van der Waals surface area (Å²) in [4.78, 5) is 3.86. The maximum Gasteiger partial charge on any atom is 0.290 e. The van der Waals surface area contributed by atoms with Gasteiger partial charge in [-0.3, -0.25) is 0 Å². The zero-order valence-electron chi connectivity index (χ0n) is 12.1. The van der Waals surface area contributed by atoms with Crippen molar-refractivity contribution in [1.29, 1.82) is 0 Å². The lowest BCUT2D eigenvalue weighted by Gasteiger charge is -2.43. The third-order valence-corrected chi connectivity index (χ3v) is 7.03. The second kappa shape index (κ2) is 7.18. The van der Waals surface area contributed by atoms with Crippen LogP contribution in [0.2, 0.25) is 0 Å². The van der Waals surface area contributed by atoms with Crippen LogP contribution in [0.1, 0.15) is 25.7 Å². The summed E-state index contributed by atoms with van der Waals surface area (Å²) in [6.07, 6.45) is -0.120. The molecular weight excluding hydrogens is 432 g/mol. The van der Waals surface area contributed by atoms with Crippen LogP contribution in [0.3, 0.4) is 0 Å². The van der Waals surface area contributed by atoms with E-state index in [-0.39, 0.29) is 17.9 Å². The van der Waals surface area contributed by atoms with E-state index in [0.717, 1.165) is 0 Å². The van der Waals surface area contributed by atoms with Gasteiger partial charge in [0, 0.05) is 25.0 Å². The minimum atomic E-state index is -3.72. The van der Waals surface area contributed by atoms with Gasteiger partial charge in [0.1, 0.15) is 0 Å². The Balaban J connectivity index is 2.17. The highest BCUT2D eigenvalue weighted by Crippen LogP contribution is 2.58. The van der Waals surface area contributed by atoms with E-state index >= 15 is 0 Å². The van der Waals surface area contributed by atoms with Gasteiger partial charge in [0.15, 0.2) is 4.33 Å². The van der Waals surface area contributed by atoms with Crippen LogP contribution in [-0.2, 0) is 0 Å². The summed E-state index contributed by atoms with van der Waals surface area (Å²) in [5.74, 6) is -8.52. The number of pyridine rings is 1. The van der Waals surface area contributed by atoms with Crippen molar-refractivity contribution in [2.75, 3.05) is 0 Å². The van der Waals surface area contributed by atoms with Crippen LogP contribution in [0, 0.1) is 5.92 Å². The van der Waals surface area contributed by atoms with Gasteiger partial charge in [0.05, 0.1) is 5.03 Å². The van der Waals surface area contributed by atoms with E-state index in [1.807, 2.05) is 0 Å². The van der Waals surface area contributed by atoms with Crippen molar-refractivity contribution in [2.24, 2.45) is 5.92 Å². The van der Waals surface area contributed by atoms with Crippen molar-refractivity contribution < 1.29 is 17.6 Å². The lowest BCUT2D eigenvalue weighted by atomic mass is 9.82. The molecule has 1 aliphatic rings. The molecule has 1 unspecified atom stereocenters. The highest BCUT2D eigenvalue weighted by atomic mass is 35.5. The molecule has 0 aliphatic heterocycles. The first kappa shape index (κ1) is 20.7. The summed E-state index contributed by atoms with van der Waals surface area (Å²) >= 11 is 23.5. The molecule has 1 fully saturated rings. The van der Waals surface area contributed by atoms with Gasteiger partial charge in [0.25, 0.3) is 11.8 Å². The highest BCUT2D eigenvalue weighted by molar-refractivity contribution is 8.03. The van der Waals surface area contributed by atoms with Crippen molar-refractivity contribution in [3.8, 4) is 0 Å². The largest absolute Gasteiger partial charge is 0.290 e. The van der Waals surface area contributed by atoms with Gasteiger partial charge in [-0.1, -0.05) is 64.2 Å². The lowest BCUT2D eigenvalue weighted by Crippen LogP contribution is -2.51. The van der Waals surface area contributed by atoms with Crippen molar-refractivity contribution in [2.45, 2.75) is 50.6 Å². The standard InChI is InChI=1S/C14H13Cl4F4NS/c15-13(16)9(4-3-6-11(13,19)20)8-12(21,22)14(17,18)24-10-5-1-2-7-23-10/h1-2,5,7,9H,3-4,6,8H2. The van der Waals surface area contributed by atoms with Gasteiger partial charge >= 0.3 is 0 Å². The molecule has 1 aliphatic carbocycles. The Labute approximate surface area is 161 Å². The van der Waals surface area contributed by atoms with Crippen LogP contribution >= 0.6 is 58.2 Å². The molecule has 136 valence electrons. The Morgan fingerprint density at radius 3 is 2.50 bits per heavy atom. The number of halogens is 8. The average molecular weight is 445 g/mol. The molecule has 0 spiro atoms. The van der Waals surface area contributed by atoms with Crippen LogP contribution in [0.15, 0.2) is 29.4 Å². The van der Waals surface area contributed by atoms with Crippen LogP contribution in [-0.4, -0.2) is 24.8 Å². The normalized spacial score (nSPS) is 23.9. The zero-order chi connectivity index (χ0) is 18.2. The third kappa shape index (κ3) is 4.20. The highest BCUT2D eigenvalue weighted by Gasteiger charge is 2.62. The van der Waals surface area contributed by atoms with E-state index in [1.165, 1.54) is 12.3 Å². The summed E-state index contributed by atoms with van der Waals surface area (Å²) in [7, 11) is 0. The Hall–Kier alpha value is 0.380. The maximum absolute atomic E-state index is 14.6. The van der Waals surface area contributed by atoms with Crippen molar-refractivity contribution in [1.82, 2.24) is 4.98 Å². The molecule has 0 N–H and O–H groups in total. The smallest absolute Gasteiger partial charge is 0.250 e. The maximum atomic E-state index is 14.6. The molecule has 1 heterocycles. The van der Waals surface area contributed by atoms with Crippen LogP contribution in [0.4, 0.5) is 17.6 Å². The Bertz CT molecular complexity index is 571. The fraction of sp³-hybridized carbons (Fsp3) is 0.643. The summed E-state index contributed by atoms with van der Waals surface area (Å²) in [6, 6.07) is 4.65. The number of hydrogen-bond acceptors (Lipinski definition) is 2. The molecule has 1 atom stereocenters. The minimum Gasteiger partial charge on any atom is -0.250 e. The van der Waals surface area contributed by atoms with E-state index in [4.69, 9.17) is 46.4 Å². The fourth-order valence-electron chi connectivity index (χ4n) is 2.49. The molecule has 24 heavy (non-hydrogen) atoms. The molecule has 0 bridgehead atoms. The first-order valence-corrected chi connectivity index (χ1v) is 9.33. The van der Waals surface area contributed by atoms with Crippen molar-refractivity contribution in [3.63, 3.8) is 0 Å². The SMILES string of the molecule is FC(F)(CC1CCCC(F)(F)C1(Cl)Cl)C(Cl)(Cl)Sc1ccccn1. The first-order valence-electron chi connectivity index (χ1n) is 7.00. The van der Waals surface area contributed by atoms with Crippen molar-refractivity contribution in [3.05, 3.63) is 24.4 Å². The lowest BCUT2D eigenvalue weighted by molar-refractivity contribution is -0.0881. The second-order valence-electron chi connectivity index (χ2n) is 5.61. The Morgan fingerprint density at radius 2 is 1.92 bits per heavy atom. The van der Waals surface area contributed by atoms with Gasteiger partial charge in [0.2, 0.25) is 3.67 Å².